The van der Waals surface area contributed by atoms with E-state index in [0.29, 0.717) is 29.7 Å². The van der Waals surface area contributed by atoms with E-state index in [-0.39, 0.29) is 43.6 Å². The zero-order chi connectivity index (χ0) is 33.7. The SMILES string of the molecule is COCOc1cc(OCCN=[N+]=[N-])cc(/C=C/CC2OC(C)(C)O[C@@H]2[C@@H](CC[C@@H](C)[C@H](C)O)OC(=O)c2ccccc2)c1C(=O)O. The van der Waals surface area contributed by atoms with Crippen LogP contribution in [0.5, 0.6) is 11.5 Å². The van der Waals surface area contributed by atoms with Crippen LogP contribution in [0.25, 0.3) is 16.5 Å². The highest BCUT2D eigenvalue weighted by atomic mass is 16.8. The largest absolute Gasteiger partial charge is 0.493 e. The summed E-state index contributed by atoms with van der Waals surface area (Å²) in [6.45, 7) is 7.17. The molecule has 13 heteroatoms. The number of rotatable bonds is 18. The first-order valence-electron chi connectivity index (χ1n) is 15.1. The van der Waals surface area contributed by atoms with Crippen molar-refractivity contribution < 1.29 is 48.2 Å². The smallest absolute Gasteiger partial charge is 0.340 e. The van der Waals surface area contributed by atoms with Gasteiger partial charge in [0.2, 0.25) is 0 Å². The molecule has 0 amide bonds. The maximum absolute atomic E-state index is 13.1. The fraction of sp³-hybridized carbons (Fsp3) is 0.515. The molecule has 1 fully saturated rings. The second-order valence-corrected chi connectivity index (χ2v) is 11.4. The number of methoxy groups -OCH3 is 1. The predicted molar refractivity (Wildman–Crippen MR) is 169 cm³/mol. The Kier molecular flexibility index (Phi) is 13.9. The van der Waals surface area contributed by atoms with E-state index in [2.05, 4.69) is 10.0 Å². The number of azide groups is 1. The molecule has 1 unspecified atom stereocenters. The van der Waals surface area contributed by atoms with E-state index in [9.17, 15) is 19.8 Å². The molecule has 46 heavy (non-hydrogen) atoms. The quantitative estimate of drug-likeness (QED) is 0.0489. The molecular formula is C33H43N3O10. The first-order chi connectivity index (χ1) is 22.0. The summed E-state index contributed by atoms with van der Waals surface area (Å²) in [5.74, 6) is -2.39. The van der Waals surface area contributed by atoms with Gasteiger partial charge in [-0.3, -0.25) is 0 Å². The van der Waals surface area contributed by atoms with Gasteiger partial charge in [0, 0.05) is 18.1 Å². The van der Waals surface area contributed by atoms with Crippen LogP contribution in [0, 0.1) is 5.92 Å². The van der Waals surface area contributed by atoms with Crippen LogP contribution in [0.1, 0.15) is 73.2 Å². The van der Waals surface area contributed by atoms with Crippen molar-refractivity contribution in [2.75, 3.05) is 27.1 Å². The zero-order valence-corrected chi connectivity index (χ0v) is 26.8. The maximum Gasteiger partial charge on any atom is 0.340 e. The minimum absolute atomic E-state index is 0.0369. The summed E-state index contributed by atoms with van der Waals surface area (Å²) < 4.78 is 34.7. The summed E-state index contributed by atoms with van der Waals surface area (Å²) >= 11 is 0. The number of aromatic carboxylic acids is 1. The van der Waals surface area contributed by atoms with Crippen LogP contribution in [0.4, 0.5) is 0 Å². The summed E-state index contributed by atoms with van der Waals surface area (Å²) in [6, 6.07) is 11.6. The van der Waals surface area contributed by atoms with Gasteiger partial charge in [-0.2, -0.15) is 0 Å². The van der Waals surface area contributed by atoms with Crippen molar-refractivity contribution in [3.8, 4) is 11.5 Å². The summed E-state index contributed by atoms with van der Waals surface area (Å²) in [4.78, 5) is 28.1. The first-order valence-corrected chi connectivity index (χ1v) is 15.1. The third kappa shape index (κ3) is 10.7. The highest BCUT2D eigenvalue weighted by Gasteiger charge is 2.46. The molecule has 1 aliphatic heterocycles. The first kappa shape index (κ1) is 36.3. The Labute approximate surface area is 268 Å². The predicted octanol–water partition coefficient (Wildman–Crippen LogP) is 6.00. The molecule has 2 aromatic rings. The molecule has 0 bridgehead atoms. The van der Waals surface area contributed by atoms with E-state index in [0.717, 1.165) is 0 Å². The normalized spacial score (nSPS) is 19.2. The van der Waals surface area contributed by atoms with Crippen molar-refractivity contribution in [1.29, 1.82) is 0 Å². The second kappa shape index (κ2) is 17.5. The van der Waals surface area contributed by atoms with Crippen LogP contribution in [0.2, 0.25) is 0 Å². The van der Waals surface area contributed by atoms with Gasteiger partial charge in [-0.1, -0.05) is 42.4 Å². The van der Waals surface area contributed by atoms with Gasteiger partial charge < -0.3 is 38.6 Å². The van der Waals surface area contributed by atoms with Crippen molar-refractivity contribution in [1.82, 2.24) is 0 Å². The monoisotopic (exact) mass is 641 g/mol. The molecule has 0 spiro atoms. The van der Waals surface area contributed by atoms with Crippen molar-refractivity contribution >= 4 is 18.0 Å². The lowest BCUT2D eigenvalue weighted by Gasteiger charge is -2.28. The van der Waals surface area contributed by atoms with Crippen LogP contribution in [-0.4, -0.2) is 79.4 Å². The Morgan fingerprint density at radius 1 is 1.13 bits per heavy atom. The van der Waals surface area contributed by atoms with Crippen LogP contribution in [-0.2, 0) is 18.9 Å². The lowest BCUT2D eigenvalue weighted by atomic mass is 9.94. The molecule has 0 radical (unpaired) electrons. The van der Waals surface area contributed by atoms with Crippen LogP contribution in [0.3, 0.4) is 0 Å². The van der Waals surface area contributed by atoms with Gasteiger partial charge in [-0.05, 0) is 75.2 Å². The Hall–Kier alpha value is -4.13. The van der Waals surface area contributed by atoms with Crippen molar-refractivity contribution in [2.24, 2.45) is 11.0 Å². The minimum Gasteiger partial charge on any atom is -0.493 e. The lowest BCUT2D eigenvalue weighted by Crippen LogP contribution is -2.39. The number of hydrogen-bond acceptors (Lipinski definition) is 10. The number of carboxylic acids is 1. The number of aliphatic hydroxyl groups is 1. The number of nitrogens with zero attached hydrogens (tertiary/aromatic N) is 3. The Balaban J connectivity index is 1.90. The van der Waals surface area contributed by atoms with Gasteiger partial charge in [-0.25, -0.2) is 9.59 Å². The summed E-state index contributed by atoms with van der Waals surface area (Å²) in [7, 11) is 1.42. The highest BCUT2D eigenvalue weighted by Crippen LogP contribution is 2.36. The third-order valence-electron chi connectivity index (χ3n) is 7.43. The fourth-order valence-corrected chi connectivity index (χ4v) is 4.97. The number of benzene rings is 2. The Morgan fingerprint density at radius 3 is 2.52 bits per heavy atom. The van der Waals surface area contributed by atoms with Crippen molar-refractivity contribution in [3.63, 3.8) is 0 Å². The summed E-state index contributed by atoms with van der Waals surface area (Å²) in [5, 5.41) is 23.6. The third-order valence-corrected chi connectivity index (χ3v) is 7.43. The molecule has 5 atom stereocenters. The Bertz CT molecular complexity index is 1380. The maximum atomic E-state index is 13.1. The molecule has 0 aromatic heterocycles. The molecule has 2 aromatic carbocycles. The van der Waals surface area contributed by atoms with E-state index in [4.69, 9.17) is 34.0 Å². The molecule has 1 aliphatic rings. The standard InChI is InChI=1S/C33H43N3O10/c1-21(22(2)37)14-15-26(44-32(40)23-10-7-6-8-11-23)30-27(45-33(3,4)46-30)13-9-12-24-18-25(42-17-16-35-36-34)19-28(43-20-41-5)29(24)31(38)39/h6-12,18-19,21-22,26-27,30,37H,13-17,20H2,1-5H3,(H,38,39)/b12-9+/t21-,22+,26-,27?,30-/m1/s1. The number of esters is 1. The average molecular weight is 642 g/mol. The molecule has 2 N–H and O–H groups in total. The van der Waals surface area contributed by atoms with E-state index in [1.54, 1.807) is 63.3 Å². The molecule has 3 rings (SSSR count). The topological polar surface area (TPSA) is 179 Å². The van der Waals surface area contributed by atoms with Gasteiger partial charge in [0.05, 0.1) is 30.9 Å². The van der Waals surface area contributed by atoms with Crippen LogP contribution in [0.15, 0.2) is 53.7 Å². The molecule has 13 nitrogen and oxygen atoms in total. The van der Waals surface area contributed by atoms with Gasteiger partial charge in [0.25, 0.3) is 0 Å². The average Bonchev–Trinajstić information content (AvgIpc) is 3.33. The van der Waals surface area contributed by atoms with Gasteiger partial charge in [0.15, 0.2) is 12.6 Å². The van der Waals surface area contributed by atoms with Crippen molar-refractivity contribution in [3.05, 3.63) is 75.7 Å². The summed E-state index contributed by atoms with van der Waals surface area (Å²) in [5.41, 5.74) is 9.13. The zero-order valence-electron chi connectivity index (χ0n) is 26.8. The van der Waals surface area contributed by atoms with Crippen molar-refractivity contribution in [2.45, 2.75) is 77.2 Å². The highest BCUT2D eigenvalue weighted by molar-refractivity contribution is 5.95. The Morgan fingerprint density at radius 2 is 1.87 bits per heavy atom. The molecular weight excluding hydrogens is 598 g/mol. The molecule has 0 saturated carbocycles. The minimum atomic E-state index is -1.22. The summed E-state index contributed by atoms with van der Waals surface area (Å²) in [6.07, 6.45) is 2.23. The fourth-order valence-electron chi connectivity index (χ4n) is 4.97. The van der Waals surface area contributed by atoms with E-state index < -0.39 is 42.1 Å². The molecule has 0 aliphatic carbocycles. The number of carbonyl (C=O) groups is 2. The van der Waals surface area contributed by atoms with Gasteiger partial charge in [-0.15, -0.1) is 0 Å². The van der Waals surface area contributed by atoms with Crippen LogP contribution < -0.4 is 9.47 Å². The van der Waals surface area contributed by atoms with Gasteiger partial charge in [0.1, 0.15) is 29.3 Å². The lowest BCUT2D eigenvalue weighted by molar-refractivity contribution is -0.156. The number of hydrogen-bond donors (Lipinski definition) is 2. The molecule has 250 valence electrons. The van der Waals surface area contributed by atoms with Gasteiger partial charge >= 0.3 is 11.9 Å². The number of carboxylic acid groups (broad SMARTS) is 1. The number of aliphatic hydroxyl groups excluding tert-OH is 1. The van der Waals surface area contributed by atoms with E-state index >= 15 is 0 Å². The van der Waals surface area contributed by atoms with Crippen LogP contribution >= 0.6 is 0 Å². The number of ether oxygens (including phenoxy) is 6. The van der Waals surface area contributed by atoms with E-state index in [1.807, 2.05) is 13.0 Å². The molecule has 1 heterocycles. The molecule has 1 saturated heterocycles. The second-order valence-electron chi connectivity index (χ2n) is 11.4. The van der Waals surface area contributed by atoms with E-state index in [1.165, 1.54) is 13.2 Å². The number of carbonyl (C=O) groups excluding carboxylic acids is 1.